The number of carbonyl (C=O) groups is 1. The fraction of sp³-hybridized carbons (Fsp3) is 0.0952. The number of hydrogen-bond donors (Lipinski definition) is 0. The largest absolute Gasteiger partial charge is 0.456 e. The molecular weight excluding hydrogens is 480 g/mol. The number of para-hydroxylation sites is 1. The fourth-order valence-corrected chi connectivity index (χ4v) is 5.16. The number of nitro benzene ring substituents is 1. The lowest BCUT2D eigenvalue weighted by Crippen LogP contribution is -2.15. The van der Waals surface area contributed by atoms with Crippen LogP contribution >= 0.6 is 23.1 Å². The van der Waals surface area contributed by atoms with Gasteiger partial charge in [0.25, 0.3) is 11.2 Å². The van der Waals surface area contributed by atoms with Crippen LogP contribution in [0.5, 0.6) is 0 Å². The van der Waals surface area contributed by atoms with Crippen molar-refractivity contribution in [3.8, 4) is 0 Å². The van der Waals surface area contributed by atoms with E-state index in [1.165, 1.54) is 40.3 Å². The van der Waals surface area contributed by atoms with E-state index in [1.54, 1.807) is 11.6 Å². The van der Waals surface area contributed by atoms with Gasteiger partial charge in [0.15, 0.2) is 10.1 Å². The second kappa shape index (κ2) is 8.68. The lowest BCUT2D eigenvalue weighted by atomic mass is 10.2. The van der Waals surface area contributed by atoms with Crippen molar-refractivity contribution in [3.05, 3.63) is 86.6 Å². The van der Waals surface area contributed by atoms with Gasteiger partial charge in [-0.1, -0.05) is 23.5 Å². The molecule has 0 amide bonds. The highest BCUT2D eigenvalue weighted by Crippen LogP contribution is 2.34. The van der Waals surface area contributed by atoms with E-state index < -0.39 is 10.9 Å². The van der Waals surface area contributed by atoms with Gasteiger partial charge in [-0.05, 0) is 36.0 Å². The predicted octanol–water partition coefficient (Wildman–Crippen LogP) is 3.45. The zero-order valence-corrected chi connectivity index (χ0v) is 19.1. The Morgan fingerprint density at radius 1 is 1.24 bits per heavy atom. The van der Waals surface area contributed by atoms with Crippen LogP contribution in [0, 0.1) is 10.1 Å². The minimum Gasteiger partial charge on any atom is -0.456 e. The van der Waals surface area contributed by atoms with Crippen LogP contribution in [-0.2, 0) is 18.4 Å². The first-order valence-corrected chi connectivity index (χ1v) is 11.4. The van der Waals surface area contributed by atoms with Crippen LogP contribution in [0.1, 0.15) is 16.1 Å². The second-order valence-electron chi connectivity index (χ2n) is 7.12. The molecule has 5 aromatic rings. The zero-order chi connectivity index (χ0) is 23.8. The summed E-state index contributed by atoms with van der Waals surface area (Å²) in [5.41, 5.74) is 0.512. The van der Waals surface area contributed by atoms with Crippen LogP contribution in [0.15, 0.2) is 69.7 Å². The van der Waals surface area contributed by atoms with Crippen molar-refractivity contribution in [1.82, 2.24) is 24.1 Å². The lowest BCUT2D eigenvalue weighted by Gasteiger charge is -2.07. The summed E-state index contributed by atoms with van der Waals surface area (Å²) in [5, 5.41) is 19.7. The molecule has 0 aliphatic heterocycles. The summed E-state index contributed by atoms with van der Waals surface area (Å²) in [6.07, 6.45) is 1.48. The van der Waals surface area contributed by atoms with Gasteiger partial charge in [-0.3, -0.25) is 19.3 Å². The Labute approximate surface area is 198 Å². The number of thiazole rings is 1. The molecule has 0 atom stereocenters. The Morgan fingerprint density at radius 3 is 2.82 bits per heavy atom. The monoisotopic (exact) mass is 494 g/mol. The highest BCUT2D eigenvalue weighted by Gasteiger charge is 2.21. The van der Waals surface area contributed by atoms with Crippen molar-refractivity contribution >= 4 is 49.9 Å². The third-order valence-electron chi connectivity index (χ3n) is 4.86. The van der Waals surface area contributed by atoms with Crippen LogP contribution < -0.4 is 5.56 Å². The van der Waals surface area contributed by atoms with E-state index in [2.05, 4.69) is 15.2 Å². The number of nitro groups is 1. The maximum absolute atomic E-state index is 12.6. The molecule has 0 bridgehead atoms. The smallest absolute Gasteiger partial charge is 0.338 e. The molecule has 0 radical (unpaired) electrons. The number of carbonyl (C=O) groups excluding carboxylic acids is 1. The molecule has 0 aliphatic rings. The van der Waals surface area contributed by atoms with E-state index >= 15 is 0 Å². The molecule has 3 aromatic heterocycles. The predicted molar refractivity (Wildman–Crippen MR) is 124 cm³/mol. The molecule has 13 heteroatoms. The molecule has 0 aliphatic carbocycles. The molecular formula is C21H14N6O5S2. The standard InChI is InChI=1S/C21H14N6O5S2/c1-25-11-22-24-21(25)34-17-7-6-12(8-15(17)27(30)31)19(29)32-10-13-9-18(28)26-14-4-2-3-5-16(14)33-20(26)23-13/h2-9,11H,10H2,1H3. The summed E-state index contributed by atoms with van der Waals surface area (Å²) in [6, 6.07) is 12.8. The van der Waals surface area contributed by atoms with Crippen LogP contribution in [0.2, 0.25) is 0 Å². The molecule has 0 saturated carbocycles. The van der Waals surface area contributed by atoms with Gasteiger partial charge in [-0.25, -0.2) is 9.78 Å². The second-order valence-corrected chi connectivity index (χ2v) is 9.13. The number of aryl methyl sites for hydroxylation is 1. The molecule has 2 aromatic carbocycles. The first kappa shape index (κ1) is 21.7. The van der Waals surface area contributed by atoms with Gasteiger partial charge in [0, 0.05) is 19.2 Å². The highest BCUT2D eigenvalue weighted by molar-refractivity contribution is 7.99. The van der Waals surface area contributed by atoms with Crippen LogP contribution in [0.4, 0.5) is 5.69 Å². The maximum atomic E-state index is 12.6. The van der Waals surface area contributed by atoms with Crippen molar-refractivity contribution in [2.45, 2.75) is 16.7 Å². The van der Waals surface area contributed by atoms with Gasteiger partial charge in [0.2, 0.25) is 0 Å². The molecule has 0 unspecified atom stereocenters. The highest BCUT2D eigenvalue weighted by atomic mass is 32.2. The number of nitrogens with zero attached hydrogens (tertiary/aromatic N) is 6. The average Bonchev–Trinajstić information content (AvgIpc) is 3.40. The number of fused-ring (bicyclic) bond motifs is 3. The van der Waals surface area contributed by atoms with E-state index in [1.807, 2.05) is 24.3 Å². The van der Waals surface area contributed by atoms with Crippen molar-refractivity contribution < 1.29 is 14.5 Å². The fourth-order valence-electron chi connectivity index (χ4n) is 3.26. The number of esters is 1. The number of hydrogen-bond acceptors (Lipinski definition) is 10. The lowest BCUT2D eigenvalue weighted by molar-refractivity contribution is -0.387. The minimum atomic E-state index is -0.767. The van der Waals surface area contributed by atoms with Gasteiger partial charge in [-0.2, -0.15) is 0 Å². The Morgan fingerprint density at radius 2 is 2.06 bits per heavy atom. The zero-order valence-electron chi connectivity index (χ0n) is 17.4. The summed E-state index contributed by atoms with van der Waals surface area (Å²) in [7, 11) is 1.72. The molecule has 34 heavy (non-hydrogen) atoms. The summed E-state index contributed by atoms with van der Waals surface area (Å²) in [6.45, 7) is -0.248. The number of rotatable bonds is 6. The molecule has 0 spiro atoms. The molecule has 3 heterocycles. The van der Waals surface area contributed by atoms with E-state index in [0.717, 1.165) is 28.0 Å². The quantitative estimate of drug-likeness (QED) is 0.198. The van der Waals surface area contributed by atoms with Gasteiger partial charge in [0.05, 0.1) is 31.3 Å². The summed E-state index contributed by atoms with van der Waals surface area (Å²) in [5.74, 6) is -0.767. The molecule has 170 valence electrons. The third kappa shape index (κ3) is 4.02. The number of benzene rings is 2. The Bertz CT molecular complexity index is 1640. The topological polar surface area (TPSA) is 135 Å². The van der Waals surface area contributed by atoms with Crippen molar-refractivity contribution in [2.24, 2.45) is 7.05 Å². The molecule has 0 N–H and O–H groups in total. The minimum absolute atomic E-state index is 0.00803. The van der Waals surface area contributed by atoms with E-state index in [4.69, 9.17) is 4.74 Å². The first-order chi connectivity index (χ1) is 16.4. The van der Waals surface area contributed by atoms with E-state index in [-0.39, 0.29) is 29.1 Å². The average molecular weight is 495 g/mol. The Balaban J connectivity index is 1.37. The van der Waals surface area contributed by atoms with Gasteiger partial charge < -0.3 is 9.30 Å². The van der Waals surface area contributed by atoms with Crippen molar-refractivity contribution in [2.75, 3.05) is 0 Å². The van der Waals surface area contributed by atoms with E-state index in [0.29, 0.717) is 15.0 Å². The van der Waals surface area contributed by atoms with Crippen molar-refractivity contribution in [3.63, 3.8) is 0 Å². The van der Waals surface area contributed by atoms with Gasteiger partial charge >= 0.3 is 5.97 Å². The SMILES string of the molecule is Cn1cnnc1Sc1ccc(C(=O)OCc2cc(=O)n3c(n2)sc2ccccc23)cc1[N+](=O)[O-]. The molecule has 0 fully saturated rings. The molecule has 5 rings (SSSR count). The summed E-state index contributed by atoms with van der Waals surface area (Å²) >= 11 is 2.41. The summed E-state index contributed by atoms with van der Waals surface area (Å²) in [4.78, 5) is 41.4. The van der Waals surface area contributed by atoms with E-state index in [9.17, 15) is 19.7 Å². The number of ether oxygens (including phenoxy) is 1. The Kier molecular flexibility index (Phi) is 5.55. The van der Waals surface area contributed by atoms with Crippen LogP contribution in [0.3, 0.4) is 0 Å². The van der Waals surface area contributed by atoms with Gasteiger partial charge in [-0.15, -0.1) is 10.2 Å². The first-order valence-electron chi connectivity index (χ1n) is 9.78. The van der Waals surface area contributed by atoms with Crippen LogP contribution in [0.25, 0.3) is 15.2 Å². The maximum Gasteiger partial charge on any atom is 0.338 e. The Hall–Kier alpha value is -4.10. The third-order valence-corrected chi connectivity index (χ3v) is 7.00. The number of aromatic nitrogens is 5. The van der Waals surface area contributed by atoms with Crippen LogP contribution in [-0.4, -0.2) is 35.0 Å². The normalized spacial score (nSPS) is 11.2. The molecule has 0 saturated heterocycles. The van der Waals surface area contributed by atoms with Crippen molar-refractivity contribution in [1.29, 1.82) is 0 Å². The van der Waals surface area contributed by atoms with Gasteiger partial charge in [0.1, 0.15) is 12.9 Å². The summed E-state index contributed by atoms with van der Waals surface area (Å²) < 4.78 is 9.33. The molecule has 11 nitrogen and oxygen atoms in total.